The minimum atomic E-state index is -0.980. The van der Waals surface area contributed by atoms with Crippen molar-refractivity contribution in [3.63, 3.8) is 0 Å². The fraction of sp³-hybridized carbons (Fsp3) is 0.476. The van der Waals surface area contributed by atoms with Gasteiger partial charge < -0.3 is 14.7 Å². The number of likely N-dealkylation sites (tertiary alicyclic amines) is 1. The van der Waals surface area contributed by atoms with Crippen LogP contribution in [0, 0.1) is 0 Å². The van der Waals surface area contributed by atoms with Crippen LogP contribution in [0.5, 0.6) is 5.75 Å². The Morgan fingerprint density at radius 3 is 2.54 bits per heavy atom. The van der Waals surface area contributed by atoms with Crippen LogP contribution in [-0.2, 0) is 4.79 Å². The van der Waals surface area contributed by atoms with Gasteiger partial charge in [0.05, 0.1) is 17.8 Å². The molecule has 2 heterocycles. The molecule has 1 atom stereocenters. The summed E-state index contributed by atoms with van der Waals surface area (Å²) in [6, 6.07) is 7.97. The van der Waals surface area contributed by atoms with Crippen molar-refractivity contribution >= 4 is 11.9 Å². The summed E-state index contributed by atoms with van der Waals surface area (Å²) in [6.07, 6.45) is 3.84. The summed E-state index contributed by atoms with van der Waals surface area (Å²) >= 11 is 0. The molecule has 1 amide bonds. The first-order chi connectivity index (χ1) is 13.3. The summed E-state index contributed by atoms with van der Waals surface area (Å²) in [5.41, 5.74) is 1.36. The molecule has 1 N–H and O–H groups in total. The first kappa shape index (κ1) is 19.9. The molecular formula is C21H27N3O4. The second-order valence-corrected chi connectivity index (χ2v) is 7.56. The van der Waals surface area contributed by atoms with E-state index in [1.165, 1.54) is 11.8 Å². The predicted octanol–water partition coefficient (Wildman–Crippen LogP) is 3.34. The Morgan fingerprint density at radius 1 is 1.21 bits per heavy atom. The zero-order valence-corrected chi connectivity index (χ0v) is 16.5. The number of rotatable bonds is 6. The average Bonchev–Trinajstić information content (AvgIpc) is 3.18. The van der Waals surface area contributed by atoms with Crippen LogP contribution >= 0.6 is 0 Å². The van der Waals surface area contributed by atoms with Crippen LogP contribution in [-0.4, -0.2) is 50.9 Å². The standard InChI is InChI=1S/C21H27N3O4/c1-14(2)16-5-4-6-19(11-16)28-15(3)20(25)23-9-7-18(8-10-23)24-13-17(12-22-24)21(26)27/h4-6,11-15,18H,7-10H2,1-3H3,(H,26,27). The van der Waals surface area contributed by atoms with Gasteiger partial charge in [-0.2, -0.15) is 5.10 Å². The third-order valence-electron chi connectivity index (χ3n) is 5.18. The SMILES string of the molecule is CC(Oc1cccc(C(C)C)c1)C(=O)N1CCC(n2cc(C(=O)O)cn2)CC1. The number of benzene rings is 1. The van der Waals surface area contributed by atoms with E-state index < -0.39 is 12.1 Å². The van der Waals surface area contributed by atoms with E-state index in [0.717, 1.165) is 12.8 Å². The Hall–Kier alpha value is -2.83. The quantitative estimate of drug-likeness (QED) is 0.824. The molecule has 150 valence electrons. The fourth-order valence-electron chi connectivity index (χ4n) is 3.46. The van der Waals surface area contributed by atoms with Crippen molar-refractivity contribution in [2.45, 2.75) is 51.7 Å². The summed E-state index contributed by atoms with van der Waals surface area (Å²) in [6.45, 7) is 7.23. The van der Waals surface area contributed by atoms with Crippen LogP contribution in [0.4, 0.5) is 0 Å². The molecule has 0 saturated carbocycles. The van der Waals surface area contributed by atoms with E-state index in [2.05, 4.69) is 25.0 Å². The Morgan fingerprint density at radius 2 is 1.93 bits per heavy atom. The van der Waals surface area contributed by atoms with Crippen molar-refractivity contribution in [2.24, 2.45) is 0 Å². The van der Waals surface area contributed by atoms with Crippen LogP contribution in [0.1, 0.15) is 61.5 Å². The molecule has 28 heavy (non-hydrogen) atoms. The van der Waals surface area contributed by atoms with E-state index in [9.17, 15) is 9.59 Å². The molecule has 2 aromatic rings. The topological polar surface area (TPSA) is 84.7 Å². The number of piperidine rings is 1. The lowest BCUT2D eigenvalue weighted by molar-refractivity contribution is -0.139. The van der Waals surface area contributed by atoms with E-state index in [0.29, 0.717) is 24.8 Å². The molecule has 0 bridgehead atoms. The summed E-state index contributed by atoms with van der Waals surface area (Å²) in [5.74, 6) is 0.101. The lowest BCUT2D eigenvalue weighted by Gasteiger charge is -2.33. The molecule has 1 fully saturated rings. The maximum absolute atomic E-state index is 12.8. The summed E-state index contributed by atoms with van der Waals surface area (Å²) < 4.78 is 7.58. The molecule has 1 unspecified atom stereocenters. The summed E-state index contributed by atoms with van der Waals surface area (Å²) in [4.78, 5) is 25.6. The van der Waals surface area contributed by atoms with Crippen molar-refractivity contribution in [3.05, 3.63) is 47.8 Å². The number of ether oxygens (including phenoxy) is 1. The highest BCUT2D eigenvalue weighted by Crippen LogP contribution is 2.24. The Labute approximate surface area is 164 Å². The van der Waals surface area contributed by atoms with Gasteiger partial charge in [0.15, 0.2) is 6.10 Å². The number of aromatic carboxylic acids is 1. The monoisotopic (exact) mass is 385 g/mol. The van der Waals surface area contributed by atoms with Gasteiger partial charge in [0.25, 0.3) is 5.91 Å². The lowest BCUT2D eigenvalue weighted by Crippen LogP contribution is -2.45. The van der Waals surface area contributed by atoms with Gasteiger partial charge in [-0.15, -0.1) is 0 Å². The second kappa shape index (κ2) is 8.46. The third-order valence-corrected chi connectivity index (χ3v) is 5.18. The molecule has 7 heteroatoms. The molecule has 0 spiro atoms. The van der Waals surface area contributed by atoms with Crippen LogP contribution in [0.3, 0.4) is 0 Å². The van der Waals surface area contributed by atoms with Gasteiger partial charge >= 0.3 is 5.97 Å². The second-order valence-electron chi connectivity index (χ2n) is 7.56. The average molecular weight is 385 g/mol. The van der Waals surface area contributed by atoms with Crippen molar-refractivity contribution in [3.8, 4) is 5.75 Å². The molecule has 7 nitrogen and oxygen atoms in total. The highest BCUT2D eigenvalue weighted by atomic mass is 16.5. The smallest absolute Gasteiger partial charge is 0.338 e. The number of carboxylic acid groups (broad SMARTS) is 1. The van der Waals surface area contributed by atoms with Gasteiger partial charge in [0, 0.05) is 19.3 Å². The molecule has 0 aliphatic carbocycles. The van der Waals surface area contributed by atoms with E-state index in [1.807, 2.05) is 23.1 Å². The van der Waals surface area contributed by atoms with Crippen LogP contribution in [0.15, 0.2) is 36.7 Å². The number of aromatic nitrogens is 2. The molecule has 1 aliphatic rings. The number of hydrogen-bond acceptors (Lipinski definition) is 4. The van der Waals surface area contributed by atoms with E-state index >= 15 is 0 Å². The van der Waals surface area contributed by atoms with Gasteiger partial charge in [-0.1, -0.05) is 26.0 Å². The number of nitrogens with zero attached hydrogens (tertiary/aromatic N) is 3. The molecule has 1 aromatic heterocycles. The highest BCUT2D eigenvalue weighted by molar-refractivity contribution is 5.86. The molecule has 3 rings (SSSR count). The molecule has 0 radical (unpaired) electrons. The van der Waals surface area contributed by atoms with Gasteiger partial charge in [-0.05, 0) is 43.4 Å². The van der Waals surface area contributed by atoms with Gasteiger partial charge in [-0.3, -0.25) is 9.48 Å². The van der Waals surface area contributed by atoms with E-state index in [4.69, 9.17) is 9.84 Å². The van der Waals surface area contributed by atoms with Crippen molar-refractivity contribution in [2.75, 3.05) is 13.1 Å². The maximum Gasteiger partial charge on any atom is 0.338 e. The molecule has 1 aliphatic heterocycles. The van der Waals surface area contributed by atoms with Gasteiger partial charge in [0.2, 0.25) is 0 Å². The molecule has 1 aromatic carbocycles. The van der Waals surface area contributed by atoms with E-state index in [-0.39, 0.29) is 17.5 Å². The van der Waals surface area contributed by atoms with Crippen LogP contribution < -0.4 is 4.74 Å². The lowest BCUT2D eigenvalue weighted by atomic mass is 10.0. The number of carbonyl (C=O) groups excluding carboxylic acids is 1. The normalized spacial score (nSPS) is 16.2. The largest absolute Gasteiger partial charge is 0.481 e. The zero-order valence-electron chi connectivity index (χ0n) is 16.5. The number of carboxylic acids is 1. The van der Waals surface area contributed by atoms with E-state index in [1.54, 1.807) is 17.8 Å². The van der Waals surface area contributed by atoms with Crippen LogP contribution in [0.2, 0.25) is 0 Å². The number of amides is 1. The van der Waals surface area contributed by atoms with Crippen molar-refractivity contribution < 1.29 is 19.4 Å². The van der Waals surface area contributed by atoms with Crippen LogP contribution in [0.25, 0.3) is 0 Å². The fourth-order valence-corrected chi connectivity index (χ4v) is 3.46. The Balaban J connectivity index is 1.55. The Bertz CT molecular complexity index is 838. The van der Waals surface area contributed by atoms with Gasteiger partial charge in [0.1, 0.15) is 5.75 Å². The summed E-state index contributed by atoms with van der Waals surface area (Å²) in [7, 11) is 0. The maximum atomic E-state index is 12.8. The summed E-state index contributed by atoms with van der Waals surface area (Å²) in [5, 5.41) is 13.2. The number of carbonyl (C=O) groups is 2. The minimum Gasteiger partial charge on any atom is -0.481 e. The van der Waals surface area contributed by atoms with Crippen molar-refractivity contribution in [1.82, 2.24) is 14.7 Å². The third kappa shape index (κ3) is 4.52. The first-order valence-corrected chi connectivity index (χ1v) is 9.68. The molecular weight excluding hydrogens is 358 g/mol. The molecule has 1 saturated heterocycles. The van der Waals surface area contributed by atoms with Gasteiger partial charge in [-0.25, -0.2) is 4.79 Å². The number of hydrogen-bond donors (Lipinski definition) is 1. The Kier molecular flexibility index (Phi) is 6.02. The highest BCUT2D eigenvalue weighted by Gasteiger charge is 2.28. The van der Waals surface area contributed by atoms with Crippen molar-refractivity contribution in [1.29, 1.82) is 0 Å². The predicted molar refractivity (Wildman–Crippen MR) is 105 cm³/mol. The zero-order chi connectivity index (χ0) is 20.3. The minimum absolute atomic E-state index is 0.0277. The first-order valence-electron chi connectivity index (χ1n) is 9.68.